The van der Waals surface area contributed by atoms with E-state index in [2.05, 4.69) is 10.6 Å². The fraction of sp³-hybridized carbons (Fsp3) is 0.333. The summed E-state index contributed by atoms with van der Waals surface area (Å²) in [5.41, 5.74) is 0. The molecule has 4 nitrogen and oxygen atoms in total. The van der Waals surface area contributed by atoms with Crippen molar-refractivity contribution in [1.82, 2.24) is 10.6 Å². The Hall–Kier alpha value is -1.57. The zero-order valence-electron chi connectivity index (χ0n) is 8.76. The van der Waals surface area contributed by atoms with Gasteiger partial charge in [0.05, 0.1) is 12.4 Å². The van der Waals surface area contributed by atoms with E-state index in [1.807, 2.05) is 0 Å². The molecule has 0 saturated heterocycles. The van der Waals surface area contributed by atoms with Crippen LogP contribution in [0.3, 0.4) is 0 Å². The highest BCUT2D eigenvalue weighted by Crippen LogP contribution is 2.36. The van der Waals surface area contributed by atoms with Crippen molar-refractivity contribution in [2.75, 3.05) is 0 Å². The molecule has 0 spiro atoms. The molecule has 1 rings (SSSR count). The van der Waals surface area contributed by atoms with Crippen molar-refractivity contribution in [1.29, 1.82) is 5.41 Å². The highest BCUT2D eigenvalue weighted by molar-refractivity contribution is 7.12. The molecule has 0 bridgehead atoms. The summed E-state index contributed by atoms with van der Waals surface area (Å²) in [5.74, 6) is 0. The lowest BCUT2D eigenvalue weighted by Crippen LogP contribution is -2.35. The summed E-state index contributed by atoms with van der Waals surface area (Å²) < 4.78 is 37.0. The fourth-order valence-electron chi connectivity index (χ4n) is 1.11. The zero-order chi connectivity index (χ0) is 13.1. The third-order valence-electron chi connectivity index (χ3n) is 1.88. The Morgan fingerprint density at radius 3 is 2.65 bits per heavy atom. The number of amides is 2. The third kappa shape index (κ3) is 3.74. The Kier molecular flexibility index (Phi) is 4.11. The van der Waals surface area contributed by atoms with Gasteiger partial charge in [0, 0.05) is 4.88 Å². The second kappa shape index (κ2) is 5.17. The van der Waals surface area contributed by atoms with Crippen molar-refractivity contribution in [2.45, 2.75) is 19.1 Å². The first-order valence-corrected chi connectivity index (χ1v) is 5.39. The van der Waals surface area contributed by atoms with Crippen molar-refractivity contribution in [3.05, 3.63) is 21.9 Å². The summed E-state index contributed by atoms with van der Waals surface area (Å²) in [5, 5.41) is 11.1. The number of hydrogen-bond acceptors (Lipinski definition) is 3. The zero-order valence-corrected chi connectivity index (χ0v) is 9.58. The summed E-state index contributed by atoms with van der Waals surface area (Å²) in [7, 11) is 0. The van der Waals surface area contributed by atoms with Gasteiger partial charge in [0.1, 0.15) is 4.88 Å². The number of hydrogen-bond donors (Lipinski definition) is 3. The van der Waals surface area contributed by atoms with Gasteiger partial charge in [-0.2, -0.15) is 13.2 Å². The van der Waals surface area contributed by atoms with E-state index in [0.29, 0.717) is 22.6 Å². The number of halogens is 3. The molecule has 0 radical (unpaired) electrons. The Balaban J connectivity index is 2.70. The van der Waals surface area contributed by atoms with E-state index in [-0.39, 0.29) is 0 Å². The monoisotopic (exact) mass is 265 g/mol. The number of rotatable bonds is 3. The van der Waals surface area contributed by atoms with Crippen molar-refractivity contribution >= 4 is 23.7 Å². The van der Waals surface area contributed by atoms with Crippen molar-refractivity contribution in [3.8, 4) is 0 Å². The van der Waals surface area contributed by atoms with Gasteiger partial charge in [0.15, 0.2) is 0 Å². The van der Waals surface area contributed by atoms with Crippen LogP contribution in [-0.4, -0.2) is 12.4 Å². The number of alkyl halides is 3. The summed E-state index contributed by atoms with van der Waals surface area (Å²) in [4.78, 5) is 10.7. The lowest BCUT2D eigenvalue weighted by Gasteiger charge is -2.11. The molecule has 1 heterocycles. The van der Waals surface area contributed by atoms with Crippen LogP contribution in [0, 0.1) is 5.41 Å². The van der Waals surface area contributed by atoms with Gasteiger partial charge < -0.3 is 5.32 Å². The van der Waals surface area contributed by atoms with Crippen molar-refractivity contribution in [3.63, 3.8) is 0 Å². The average Bonchev–Trinajstić information content (AvgIpc) is 2.65. The van der Waals surface area contributed by atoms with E-state index in [4.69, 9.17) is 5.41 Å². The second-order valence-corrected chi connectivity index (χ2v) is 4.30. The van der Waals surface area contributed by atoms with Gasteiger partial charge in [-0.15, -0.1) is 11.3 Å². The number of carbonyl (C=O) groups is 1. The van der Waals surface area contributed by atoms with Crippen LogP contribution in [0.15, 0.2) is 12.1 Å². The van der Waals surface area contributed by atoms with Gasteiger partial charge in [-0.3, -0.25) is 10.7 Å². The minimum absolute atomic E-state index is 0.400. The van der Waals surface area contributed by atoms with Crippen LogP contribution in [0.5, 0.6) is 0 Å². The molecule has 17 heavy (non-hydrogen) atoms. The fourth-order valence-corrected chi connectivity index (χ4v) is 1.99. The number of urea groups is 1. The molecule has 1 aromatic rings. The van der Waals surface area contributed by atoms with Crippen molar-refractivity contribution in [2.24, 2.45) is 0 Å². The minimum atomic E-state index is -4.36. The van der Waals surface area contributed by atoms with E-state index < -0.39 is 23.1 Å². The molecule has 94 valence electrons. The highest BCUT2D eigenvalue weighted by Gasteiger charge is 2.32. The average molecular weight is 265 g/mol. The molecule has 1 unspecified atom stereocenters. The molecule has 8 heteroatoms. The Bertz CT molecular complexity index is 416. The lowest BCUT2D eigenvalue weighted by atomic mass is 10.3. The summed E-state index contributed by atoms with van der Waals surface area (Å²) in [6, 6.07) is 1.13. The smallest absolute Gasteiger partial charge is 0.331 e. The van der Waals surface area contributed by atoms with Crippen molar-refractivity contribution < 1.29 is 18.0 Å². The van der Waals surface area contributed by atoms with Crippen LogP contribution < -0.4 is 10.6 Å². The molecule has 0 aliphatic rings. The largest absolute Gasteiger partial charge is 0.425 e. The maximum absolute atomic E-state index is 12.3. The molecule has 1 atom stereocenters. The SMILES string of the molecule is CC(NC(=O)NC=N)c1ccc(C(F)(F)F)s1. The standard InChI is InChI=1S/C9H10F3N3OS/c1-5(15-8(16)14-4-13)6-2-3-7(17-6)9(10,11)12/h2-5H,1H3,(H3,13,14,15,16). The van der Waals surface area contributed by atoms with Crippen LogP contribution in [0.1, 0.15) is 22.7 Å². The molecular weight excluding hydrogens is 255 g/mol. The molecule has 1 aromatic heterocycles. The Morgan fingerprint density at radius 2 is 2.18 bits per heavy atom. The van der Waals surface area contributed by atoms with Gasteiger partial charge in [0.25, 0.3) is 0 Å². The highest BCUT2D eigenvalue weighted by atomic mass is 32.1. The van der Waals surface area contributed by atoms with E-state index >= 15 is 0 Å². The van der Waals surface area contributed by atoms with Gasteiger partial charge in [-0.25, -0.2) is 4.79 Å². The maximum Gasteiger partial charge on any atom is 0.425 e. The second-order valence-electron chi connectivity index (χ2n) is 3.18. The maximum atomic E-state index is 12.3. The van der Waals surface area contributed by atoms with Gasteiger partial charge in [-0.05, 0) is 19.1 Å². The Morgan fingerprint density at radius 1 is 1.53 bits per heavy atom. The van der Waals surface area contributed by atoms with Crippen LogP contribution in [-0.2, 0) is 6.18 Å². The topological polar surface area (TPSA) is 65.0 Å². The molecule has 2 amide bonds. The lowest BCUT2D eigenvalue weighted by molar-refractivity contribution is -0.134. The summed E-state index contributed by atoms with van der Waals surface area (Å²) in [6.07, 6.45) is -3.67. The van der Waals surface area contributed by atoms with Crippen LogP contribution in [0.25, 0.3) is 0 Å². The molecule has 0 aromatic carbocycles. The predicted octanol–water partition coefficient (Wildman–Crippen LogP) is 2.73. The molecule has 0 aliphatic heterocycles. The van der Waals surface area contributed by atoms with Gasteiger partial charge >= 0.3 is 12.2 Å². The molecule has 0 fully saturated rings. The quantitative estimate of drug-likeness (QED) is 0.571. The number of nitrogens with one attached hydrogen (secondary N) is 3. The summed E-state index contributed by atoms with van der Waals surface area (Å²) in [6.45, 7) is 1.56. The van der Waals surface area contributed by atoms with Crippen LogP contribution in [0.2, 0.25) is 0 Å². The van der Waals surface area contributed by atoms with E-state index in [1.54, 1.807) is 6.92 Å². The van der Waals surface area contributed by atoms with Crippen LogP contribution in [0.4, 0.5) is 18.0 Å². The summed E-state index contributed by atoms with van der Waals surface area (Å²) >= 11 is 0.583. The first kappa shape index (κ1) is 13.5. The molecule has 3 N–H and O–H groups in total. The third-order valence-corrected chi connectivity index (χ3v) is 3.20. The minimum Gasteiger partial charge on any atom is -0.331 e. The Labute approximate surface area is 99.3 Å². The van der Waals surface area contributed by atoms with Gasteiger partial charge in [-0.1, -0.05) is 0 Å². The first-order valence-electron chi connectivity index (χ1n) is 4.57. The molecular formula is C9H10F3N3OS. The van der Waals surface area contributed by atoms with E-state index in [0.717, 1.165) is 6.07 Å². The predicted molar refractivity (Wildman–Crippen MR) is 58.2 cm³/mol. The van der Waals surface area contributed by atoms with E-state index in [1.165, 1.54) is 6.07 Å². The van der Waals surface area contributed by atoms with E-state index in [9.17, 15) is 18.0 Å². The number of thiophene rings is 1. The van der Waals surface area contributed by atoms with Crippen LogP contribution >= 0.6 is 11.3 Å². The molecule has 0 saturated carbocycles. The van der Waals surface area contributed by atoms with Gasteiger partial charge in [0.2, 0.25) is 0 Å². The number of carbonyl (C=O) groups excluding carboxylic acids is 1. The first-order chi connectivity index (χ1) is 7.84. The molecule has 0 aliphatic carbocycles. The normalized spacial score (nSPS) is 12.9.